The number of halogens is 3. The van der Waals surface area contributed by atoms with Gasteiger partial charge in [-0.2, -0.15) is 0 Å². The summed E-state index contributed by atoms with van der Waals surface area (Å²) < 4.78 is 1.83. The van der Waals surface area contributed by atoms with Crippen molar-refractivity contribution in [1.29, 1.82) is 0 Å². The molecule has 6 nitrogen and oxygen atoms in total. The maximum Gasteiger partial charge on any atom is 0.189 e. The van der Waals surface area contributed by atoms with E-state index in [1.54, 1.807) is 30.9 Å². The van der Waals surface area contributed by atoms with E-state index in [1.807, 2.05) is 35.9 Å². The smallest absolute Gasteiger partial charge is 0.189 e. The molecular weight excluding hydrogens is 498 g/mol. The highest BCUT2D eigenvalue weighted by Gasteiger charge is 2.10. The van der Waals surface area contributed by atoms with Crippen molar-refractivity contribution in [3.63, 3.8) is 0 Å². The first-order valence-corrected chi connectivity index (χ1v) is 8.73. The lowest BCUT2D eigenvalue weighted by molar-refractivity contribution is 0.708. The first-order chi connectivity index (χ1) is 12.5. The monoisotopic (exact) mass is 516 g/mol. The second-order valence-corrected chi connectivity index (χ2v) is 6.57. The van der Waals surface area contributed by atoms with E-state index < -0.39 is 0 Å². The van der Waals surface area contributed by atoms with E-state index in [4.69, 9.17) is 28.9 Å². The van der Waals surface area contributed by atoms with Gasteiger partial charge in [-0.15, -0.1) is 24.0 Å². The van der Waals surface area contributed by atoms with E-state index in [0.717, 1.165) is 16.9 Å². The largest absolute Gasteiger partial charge is 0.370 e. The Morgan fingerprint density at radius 2 is 2.07 bits per heavy atom. The third kappa shape index (κ3) is 5.82. The minimum absolute atomic E-state index is 0. The van der Waals surface area contributed by atoms with Crippen molar-refractivity contribution in [1.82, 2.24) is 19.9 Å². The summed E-state index contributed by atoms with van der Waals surface area (Å²) in [6, 6.07) is 9.12. The molecule has 0 aliphatic carbocycles. The fourth-order valence-corrected chi connectivity index (χ4v) is 3.04. The number of imidazole rings is 1. The fraction of sp³-hybridized carbons (Fsp3) is 0.167. The second-order valence-electron chi connectivity index (χ2n) is 5.73. The summed E-state index contributed by atoms with van der Waals surface area (Å²) in [5, 5.41) is 4.32. The minimum atomic E-state index is -0.0949. The number of nitrogens with zero attached hydrogens (tertiary/aromatic N) is 4. The normalized spacial score (nSPS) is 12.3. The molecule has 1 aromatic carbocycles. The molecule has 1 atom stereocenters. The van der Waals surface area contributed by atoms with Gasteiger partial charge in [0.1, 0.15) is 12.1 Å². The van der Waals surface area contributed by atoms with Gasteiger partial charge in [0, 0.05) is 28.6 Å². The predicted molar refractivity (Wildman–Crippen MR) is 120 cm³/mol. The van der Waals surface area contributed by atoms with Gasteiger partial charge in [-0.3, -0.25) is 4.57 Å². The molecule has 0 spiro atoms. The topological polar surface area (TPSA) is 81.1 Å². The Bertz CT molecular complexity index is 914. The molecule has 0 bridgehead atoms. The van der Waals surface area contributed by atoms with Gasteiger partial charge >= 0.3 is 0 Å². The molecule has 0 saturated carbocycles. The van der Waals surface area contributed by atoms with Gasteiger partial charge in [0.05, 0.1) is 12.6 Å². The van der Waals surface area contributed by atoms with Crippen LogP contribution in [-0.2, 0) is 6.54 Å². The number of aromatic nitrogens is 3. The summed E-state index contributed by atoms with van der Waals surface area (Å²) in [5.74, 6) is 1.12. The lowest BCUT2D eigenvalue weighted by atomic mass is 10.1. The Labute approximate surface area is 184 Å². The van der Waals surface area contributed by atoms with Crippen LogP contribution in [0.3, 0.4) is 0 Å². The lowest BCUT2D eigenvalue weighted by Gasteiger charge is -2.16. The number of nitrogens with two attached hydrogens (primary N) is 1. The third-order valence-corrected chi connectivity index (χ3v) is 4.37. The van der Waals surface area contributed by atoms with Crippen LogP contribution in [0.15, 0.2) is 60.2 Å². The molecule has 0 radical (unpaired) electrons. The number of rotatable bonds is 5. The number of nitrogens with one attached hydrogen (secondary N) is 1. The van der Waals surface area contributed by atoms with Crippen molar-refractivity contribution in [3.8, 4) is 5.82 Å². The number of pyridine rings is 1. The van der Waals surface area contributed by atoms with Gasteiger partial charge in [-0.05, 0) is 42.3 Å². The average Bonchev–Trinajstić information content (AvgIpc) is 3.15. The maximum atomic E-state index is 6.23. The number of guanidine groups is 1. The molecule has 0 aliphatic heterocycles. The van der Waals surface area contributed by atoms with Crippen molar-refractivity contribution in [2.45, 2.75) is 19.5 Å². The molecule has 142 valence electrons. The molecule has 1 unspecified atom stereocenters. The molecule has 3 aromatic rings. The van der Waals surface area contributed by atoms with Crippen LogP contribution in [0.25, 0.3) is 5.82 Å². The summed E-state index contributed by atoms with van der Waals surface area (Å²) in [7, 11) is 0. The van der Waals surface area contributed by atoms with E-state index in [9.17, 15) is 0 Å². The van der Waals surface area contributed by atoms with Crippen LogP contribution in [0.2, 0.25) is 10.0 Å². The Kier molecular flexibility index (Phi) is 7.88. The molecule has 0 amide bonds. The third-order valence-electron chi connectivity index (χ3n) is 3.80. The zero-order valence-electron chi connectivity index (χ0n) is 14.5. The van der Waals surface area contributed by atoms with Gasteiger partial charge in [-0.25, -0.2) is 15.0 Å². The fourth-order valence-electron chi connectivity index (χ4n) is 2.47. The van der Waals surface area contributed by atoms with E-state index in [-0.39, 0.29) is 30.0 Å². The number of hydrogen-bond acceptors (Lipinski definition) is 3. The first-order valence-electron chi connectivity index (χ1n) is 7.97. The molecule has 0 aliphatic rings. The molecule has 9 heteroatoms. The lowest BCUT2D eigenvalue weighted by Crippen LogP contribution is -2.34. The van der Waals surface area contributed by atoms with Crippen molar-refractivity contribution < 1.29 is 0 Å². The molecule has 27 heavy (non-hydrogen) atoms. The molecular formula is C18H19Cl2IN6. The predicted octanol–water partition coefficient (Wildman–Crippen LogP) is 4.36. The molecule has 3 N–H and O–H groups in total. The summed E-state index contributed by atoms with van der Waals surface area (Å²) in [6.07, 6.45) is 6.98. The first kappa shape index (κ1) is 21.5. The van der Waals surface area contributed by atoms with Gasteiger partial charge < -0.3 is 11.1 Å². The van der Waals surface area contributed by atoms with Gasteiger partial charge in [0.2, 0.25) is 0 Å². The van der Waals surface area contributed by atoms with Gasteiger partial charge in [-0.1, -0.05) is 29.3 Å². The Balaban J connectivity index is 0.00000261. The highest BCUT2D eigenvalue weighted by Crippen LogP contribution is 2.25. The quantitative estimate of drug-likeness (QED) is 0.300. The van der Waals surface area contributed by atoms with E-state index >= 15 is 0 Å². The van der Waals surface area contributed by atoms with E-state index in [1.165, 1.54) is 0 Å². The van der Waals surface area contributed by atoms with Crippen LogP contribution < -0.4 is 11.1 Å². The zero-order chi connectivity index (χ0) is 18.5. The Hall–Kier alpha value is -1.84. The molecule has 2 aromatic heterocycles. The van der Waals surface area contributed by atoms with Gasteiger partial charge in [0.15, 0.2) is 5.96 Å². The molecule has 0 fully saturated rings. The van der Waals surface area contributed by atoms with Crippen LogP contribution in [0, 0.1) is 0 Å². The van der Waals surface area contributed by atoms with Crippen molar-refractivity contribution >= 4 is 53.1 Å². The SMILES string of the molecule is CC(NC(N)=NCc1ccnc(-n2ccnc2)c1)c1ccc(Cl)cc1Cl.I. The van der Waals surface area contributed by atoms with Gasteiger partial charge in [0.25, 0.3) is 0 Å². The van der Waals surface area contributed by atoms with Crippen LogP contribution in [-0.4, -0.2) is 20.5 Å². The number of aliphatic imine (C=N–C) groups is 1. The standard InChI is InChI=1S/C18H18Cl2N6.HI/c1-12(15-3-2-14(19)9-16(15)20)25-18(21)24-10-13-4-5-23-17(8-13)26-7-6-22-11-26;/h2-9,11-12H,10H2,1H3,(H3,21,24,25);1H. The molecule has 2 heterocycles. The van der Waals surface area contributed by atoms with Crippen molar-refractivity contribution in [2.24, 2.45) is 10.7 Å². The van der Waals surface area contributed by atoms with E-state index in [0.29, 0.717) is 22.5 Å². The van der Waals surface area contributed by atoms with Crippen molar-refractivity contribution in [2.75, 3.05) is 0 Å². The highest BCUT2D eigenvalue weighted by atomic mass is 127. The minimum Gasteiger partial charge on any atom is -0.370 e. The molecule has 3 rings (SSSR count). The molecule has 0 saturated heterocycles. The Morgan fingerprint density at radius 3 is 2.78 bits per heavy atom. The summed E-state index contributed by atoms with van der Waals surface area (Å²) in [6.45, 7) is 2.39. The van der Waals surface area contributed by atoms with Crippen LogP contribution in [0.1, 0.15) is 24.1 Å². The zero-order valence-corrected chi connectivity index (χ0v) is 18.4. The van der Waals surface area contributed by atoms with E-state index in [2.05, 4.69) is 20.3 Å². The second kappa shape index (κ2) is 9.91. The average molecular weight is 517 g/mol. The summed E-state index contributed by atoms with van der Waals surface area (Å²) >= 11 is 12.2. The number of benzene rings is 1. The van der Waals surface area contributed by atoms with Crippen LogP contribution in [0.4, 0.5) is 0 Å². The summed E-state index contributed by atoms with van der Waals surface area (Å²) in [4.78, 5) is 12.7. The van der Waals surface area contributed by atoms with Crippen LogP contribution in [0.5, 0.6) is 0 Å². The highest BCUT2D eigenvalue weighted by molar-refractivity contribution is 14.0. The Morgan fingerprint density at radius 1 is 1.26 bits per heavy atom. The summed E-state index contributed by atoms with van der Waals surface area (Å²) in [5.41, 5.74) is 7.91. The maximum absolute atomic E-state index is 6.23. The number of hydrogen-bond donors (Lipinski definition) is 2. The van der Waals surface area contributed by atoms with Crippen molar-refractivity contribution in [3.05, 3.63) is 76.4 Å². The van der Waals surface area contributed by atoms with Crippen LogP contribution >= 0.6 is 47.2 Å².